The number of fused-ring (bicyclic) bond motifs is 3. The monoisotopic (exact) mass is 286 g/mol. The van der Waals surface area contributed by atoms with Crippen LogP contribution < -0.4 is 10.5 Å². The molecule has 7 nitrogen and oxygen atoms in total. The predicted molar refractivity (Wildman–Crippen MR) is 78.9 cm³/mol. The van der Waals surface area contributed by atoms with Crippen molar-refractivity contribution in [3.63, 3.8) is 0 Å². The molecule has 0 saturated carbocycles. The summed E-state index contributed by atoms with van der Waals surface area (Å²) in [6.45, 7) is -0.461. The molecule has 0 atom stereocenters. The van der Waals surface area contributed by atoms with E-state index in [4.69, 9.17) is 5.11 Å². The van der Waals surface area contributed by atoms with Gasteiger partial charge in [0.15, 0.2) is 0 Å². The maximum atomic E-state index is 12.4. The number of hydrogen-bond donors (Lipinski definition) is 1. The Morgan fingerprint density at radius 3 is 2.67 bits per heavy atom. The van der Waals surface area contributed by atoms with Crippen LogP contribution in [0.1, 0.15) is 0 Å². The van der Waals surface area contributed by atoms with Crippen molar-refractivity contribution < 1.29 is 9.90 Å². The van der Waals surface area contributed by atoms with E-state index in [9.17, 15) is 9.59 Å². The van der Waals surface area contributed by atoms with Crippen molar-refractivity contribution in [1.29, 1.82) is 0 Å². The van der Waals surface area contributed by atoms with Gasteiger partial charge in [0.25, 0.3) is 5.56 Å². The number of carbonyl (C=O) groups is 1. The van der Waals surface area contributed by atoms with E-state index in [-0.39, 0.29) is 0 Å². The quantitative estimate of drug-likeness (QED) is 0.770. The molecule has 0 unspecified atom stereocenters. The van der Waals surface area contributed by atoms with Gasteiger partial charge in [-0.2, -0.15) is 0 Å². The van der Waals surface area contributed by atoms with Gasteiger partial charge in [-0.1, -0.05) is 18.2 Å². The summed E-state index contributed by atoms with van der Waals surface area (Å²) in [6.07, 6.45) is 0. The third-order valence-electron chi connectivity index (χ3n) is 3.26. The zero-order chi connectivity index (χ0) is 15.1. The molecule has 1 aromatic carbocycles. The number of aromatic nitrogens is 3. The zero-order valence-corrected chi connectivity index (χ0v) is 11.6. The Hall–Kier alpha value is -2.83. The van der Waals surface area contributed by atoms with Crippen LogP contribution in [0.3, 0.4) is 0 Å². The normalized spacial score (nSPS) is 11.1. The topological polar surface area (TPSA) is 79.8 Å². The van der Waals surface area contributed by atoms with Gasteiger partial charge in [-0.3, -0.25) is 14.0 Å². The summed E-state index contributed by atoms with van der Waals surface area (Å²) < 4.78 is 2.72. The molecule has 0 aliphatic carbocycles. The van der Waals surface area contributed by atoms with Crippen LogP contribution in [0.5, 0.6) is 0 Å². The Morgan fingerprint density at radius 2 is 2.00 bits per heavy atom. The second-order valence-corrected chi connectivity index (χ2v) is 4.97. The summed E-state index contributed by atoms with van der Waals surface area (Å²) in [5, 5.41) is 14.0. The summed E-state index contributed by atoms with van der Waals surface area (Å²) in [6, 6.07) is 9.34. The molecule has 108 valence electrons. The van der Waals surface area contributed by atoms with Gasteiger partial charge in [0.05, 0.1) is 5.52 Å². The number of nitrogens with zero attached hydrogens (tertiary/aromatic N) is 4. The van der Waals surface area contributed by atoms with Gasteiger partial charge >= 0.3 is 5.97 Å². The summed E-state index contributed by atoms with van der Waals surface area (Å²) in [4.78, 5) is 25.0. The molecule has 2 heterocycles. The molecule has 0 spiro atoms. The van der Waals surface area contributed by atoms with Gasteiger partial charge in [0.2, 0.25) is 5.95 Å². The molecule has 0 amide bonds. The minimum absolute atomic E-state index is 0.413. The highest BCUT2D eigenvalue weighted by Gasteiger charge is 2.16. The summed E-state index contributed by atoms with van der Waals surface area (Å²) in [5.74, 6) is -0.596. The van der Waals surface area contributed by atoms with Crippen LogP contribution >= 0.6 is 0 Å². The van der Waals surface area contributed by atoms with Gasteiger partial charge in [-0.15, -0.1) is 5.10 Å². The lowest BCUT2D eigenvalue weighted by Crippen LogP contribution is -2.31. The van der Waals surface area contributed by atoms with E-state index in [2.05, 4.69) is 5.10 Å². The van der Waals surface area contributed by atoms with Crippen molar-refractivity contribution in [3.05, 3.63) is 40.7 Å². The Morgan fingerprint density at radius 1 is 1.29 bits per heavy atom. The number of rotatable bonds is 3. The first-order chi connectivity index (χ1) is 9.99. The SMILES string of the molecule is CN(C)c1nn(CC(=O)O)c(=O)c2cc3ccccc3n12. The minimum atomic E-state index is -1.10. The Labute approximate surface area is 119 Å². The third-order valence-corrected chi connectivity index (χ3v) is 3.26. The molecule has 0 radical (unpaired) electrons. The average molecular weight is 286 g/mol. The van der Waals surface area contributed by atoms with Crippen molar-refractivity contribution in [2.24, 2.45) is 0 Å². The van der Waals surface area contributed by atoms with E-state index in [1.807, 2.05) is 24.3 Å². The molecule has 0 fully saturated rings. The number of benzene rings is 1. The lowest BCUT2D eigenvalue weighted by Gasteiger charge is -2.15. The van der Waals surface area contributed by atoms with E-state index in [1.165, 1.54) is 0 Å². The highest BCUT2D eigenvalue weighted by Crippen LogP contribution is 2.21. The number of hydrogen-bond acceptors (Lipinski definition) is 4. The number of aliphatic carboxylic acids is 1. The van der Waals surface area contributed by atoms with Crippen LogP contribution in [-0.4, -0.2) is 39.4 Å². The van der Waals surface area contributed by atoms with E-state index in [1.54, 1.807) is 29.5 Å². The Balaban J connectivity index is 2.46. The Bertz CT molecular complexity index is 908. The summed E-state index contributed by atoms with van der Waals surface area (Å²) in [5.41, 5.74) is 0.860. The molecule has 0 bridgehead atoms. The van der Waals surface area contributed by atoms with E-state index in [0.717, 1.165) is 15.6 Å². The third kappa shape index (κ3) is 2.03. The van der Waals surface area contributed by atoms with Crippen LogP contribution in [0.4, 0.5) is 5.95 Å². The van der Waals surface area contributed by atoms with Crippen molar-refractivity contribution in [2.45, 2.75) is 6.54 Å². The smallest absolute Gasteiger partial charge is 0.325 e. The zero-order valence-electron chi connectivity index (χ0n) is 11.6. The fraction of sp³-hybridized carbons (Fsp3) is 0.214. The van der Waals surface area contributed by atoms with Crippen molar-refractivity contribution in [1.82, 2.24) is 14.2 Å². The highest BCUT2D eigenvalue weighted by molar-refractivity contribution is 5.88. The van der Waals surface area contributed by atoms with Crippen LogP contribution in [0, 0.1) is 0 Å². The van der Waals surface area contributed by atoms with E-state index >= 15 is 0 Å². The molecule has 3 aromatic rings. The van der Waals surface area contributed by atoms with Gasteiger partial charge in [-0.05, 0) is 12.1 Å². The molecule has 0 aliphatic rings. The van der Waals surface area contributed by atoms with E-state index < -0.39 is 18.1 Å². The second-order valence-electron chi connectivity index (χ2n) is 4.97. The lowest BCUT2D eigenvalue weighted by molar-refractivity contribution is -0.137. The van der Waals surface area contributed by atoms with Gasteiger partial charge in [-0.25, -0.2) is 4.68 Å². The Kier molecular flexibility index (Phi) is 2.90. The average Bonchev–Trinajstić information content (AvgIpc) is 2.81. The lowest BCUT2D eigenvalue weighted by atomic mass is 10.2. The van der Waals surface area contributed by atoms with Crippen LogP contribution in [-0.2, 0) is 11.3 Å². The van der Waals surface area contributed by atoms with Gasteiger partial charge in [0, 0.05) is 19.5 Å². The molecule has 0 saturated heterocycles. The fourth-order valence-corrected chi connectivity index (χ4v) is 2.38. The van der Waals surface area contributed by atoms with Crippen LogP contribution in [0.2, 0.25) is 0 Å². The standard InChI is InChI=1S/C14H14N4O3/c1-16(2)14-15-17(8-12(19)20)13(21)11-7-9-5-3-4-6-10(9)18(11)14/h3-7H,8H2,1-2H3,(H,19,20). The predicted octanol–water partition coefficient (Wildman–Crippen LogP) is 0.800. The molecule has 3 rings (SSSR count). The molecule has 1 N–H and O–H groups in total. The van der Waals surface area contributed by atoms with E-state index in [0.29, 0.717) is 11.5 Å². The van der Waals surface area contributed by atoms with Crippen molar-refractivity contribution in [2.75, 3.05) is 19.0 Å². The molecule has 2 aromatic heterocycles. The van der Waals surface area contributed by atoms with Crippen molar-refractivity contribution in [3.8, 4) is 0 Å². The highest BCUT2D eigenvalue weighted by atomic mass is 16.4. The molecular weight excluding hydrogens is 272 g/mol. The molecular formula is C14H14N4O3. The van der Waals surface area contributed by atoms with Crippen LogP contribution in [0.25, 0.3) is 16.4 Å². The molecule has 0 aliphatic heterocycles. The largest absolute Gasteiger partial charge is 0.480 e. The minimum Gasteiger partial charge on any atom is -0.480 e. The first-order valence-electron chi connectivity index (χ1n) is 6.39. The number of para-hydroxylation sites is 1. The fourth-order valence-electron chi connectivity index (χ4n) is 2.38. The number of carboxylic acids is 1. The summed E-state index contributed by atoms with van der Waals surface area (Å²) in [7, 11) is 3.60. The maximum absolute atomic E-state index is 12.4. The first kappa shape index (κ1) is 13.2. The first-order valence-corrected chi connectivity index (χ1v) is 6.39. The van der Waals surface area contributed by atoms with Crippen LogP contribution in [0.15, 0.2) is 35.1 Å². The number of carboxylic acid groups (broad SMARTS) is 1. The number of anilines is 1. The van der Waals surface area contributed by atoms with Crippen molar-refractivity contribution >= 4 is 28.3 Å². The molecule has 21 heavy (non-hydrogen) atoms. The second kappa shape index (κ2) is 4.62. The summed E-state index contributed by atoms with van der Waals surface area (Å²) >= 11 is 0. The maximum Gasteiger partial charge on any atom is 0.325 e. The van der Waals surface area contributed by atoms with Gasteiger partial charge < -0.3 is 10.0 Å². The van der Waals surface area contributed by atoms with Gasteiger partial charge in [0.1, 0.15) is 12.1 Å². The molecule has 7 heteroatoms.